The molecule has 6 atom stereocenters. The van der Waals surface area contributed by atoms with E-state index in [2.05, 4.69) is 15.6 Å². The summed E-state index contributed by atoms with van der Waals surface area (Å²) < 4.78 is 11.2. The molecular weight excluding hydrogens is 506 g/mol. The summed E-state index contributed by atoms with van der Waals surface area (Å²) in [4.78, 5) is 56.6. The number of benzene rings is 1. The number of pyridine rings is 1. The fourth-order valence-corrected chi connectivity index (χ4v) is 4.69. The Hall–Kier alpha value is -3.99. The Morgan fingerprint density at radius 3 is 2.41 bits per heavy atom. The minimum atomic E-state index is -1.42. The molecule has 1 aromatic heterocycles. The van der Waals surface area contributed by atoms with Gasteiger partial charge < -0.3 is 30.3 Å². The third-order valence-corrected chi connectivity index (χ3v) is 7.32. The number of nitrogens with one attached hydrogen (secondary N) is 2. The van der Waals surface area contributed by atoms with Gasteiger partial charge in [-0.3, -0.25) is 14.4 Å². The Bertz CT molecular complexity index is 1200. The fraction of sp³-hybridized carbons (Fsp3) is 0.464. The van der Waals surface area contributed by atoms with Crippen molar-refractivity contribution in [3.8, 4) is 5.75 Å². The molecule has 11 heteroatoms. The van der Waals surface area contributed by atoms with Gasteiger partial charge in [-0.05, 0) is 50.8 Å². The zero-order valence-electron chi connectivity index (χ0n) is 21.8. The quantitative estimate of drug-likeness (QED) is 0.410. The van der Waals surface area contributed by atoms with Gasteiger partial charge in [0.2, 0.25) is 12.0 Å². The standard InChI is InChI=1S/C28H33N3O8/c1-15-23(33)19(14-17-8-4-3-5-9-17)30-25(34)21(31-26(35)22-20(32)12-7-13-29-22)16(2)38-28(37)24(39-27(15)36)18-10-6-11-18/h3-5,7-9,12-13,15-16,18-19,21,23-24,32-33H,6,10-11,14H2,1-2H3,(H,30,34)(H,31,35)/t15-,16-,19+,21+,23+,24?/m1/s1. The number of hydrogen-bond acceptors (Lipinski definition) is 9. The smallest absolute Gasteiger partial charge is 0.348 e. The number of rotatable bonds is 5. The molecular formula is C28H33N3O8. The third-order valence-electron chi connectivity index (χ3n) is 7.32. The highest BCUT2D eigenvalue weighted by Crippen LogP contribution is 2.33. The number of aromatic nitrogens is 1. The first-order valence-corrected chi connectivity index (χ1v) is 13.0. The average Bonchev–Trinajstić information content (AvgIpc) is 2.89. The van der Waals surface area contributed by atoms with E-state index in [0.29, 0.717) is 12.8 Å². The molecule has 39 heavy (non-hydrogen) atoms. The normalized spacial score (nSPS) is 28.5. The number of carbonyl (C=O) groups excluding carboxylic acids is 4. The number of esters is 2. The van der Waals surface area contributed by atoms with Gasteiger partial charge >= 0.3 is 11.9 Å². The van der Waals surface area contributed by atoms with Gasteiger partial charge in [-0.2, -0.15) is 0 Å². The number of amides is 2. The lowest BCUT2D eigenvalue weighted by Gasteiger charge is -2.36. The van der Waals surface area contributed by atoms with Crippen LogP contribution in [0.3, 0.4) is 0 Å². The zero-order chi connectivity index (χ0) is 28.1. The van der Waals surface area contributed by atoms with Crippen molar-refractivity contribution in [3.63, 3.8) is 0 Å². The number of aliphatic hydroxyl groups excluding tert-OH is 1. The largest absolute Gasteiger partial charge is 0.505 e. The Morgan fingerprint density at radius 1 is 1.05 bits per heavy atom. The summed E-state index contributed by atoms with van der Waals surface area (Å²) in [6.45, 7) is 2.90. The number of hydrogen-bond donors (Lipinski definition) is 4. The van der Waals surface area contributed by atoms with E-state index in [0.717, 1.165) is 12.0 Å². The van der Waals surface area contributed by atoms with Crippen molar-refractivity contribution in [1.82, 2.24) is 15.6 Å². The van der Waals surface area contributed by atoms with E-state index in [1.54, 1.807) is 0 Å². The third kappa shape index (κ3) is 6.54. The van der Waals surface area contributed by atoms with Crippen LogP contribution in [-0.2, 0) is 30.3 Å². The van der Waals surface area contributed by atoms with Gasteiger partial charge in [0.15, 0.2) is 5.69 Å². The highest BCUT2D eigenvalue weighted by atomic mass is 16.6. The number of aliphatic hydroxyl groups is 1. The highest BCUT2D eigenvalue weighted by Gasteiger charge is 2.43. The minimum Gasteiger partial charge on any atom is -0.505 e. The van der Waals surface area contributed by atoms with Gasteiger partial charge in [-0.1, -0.05) is 36.8 Å². The van der Waals surface area contributed by atoms with Crippen LogP contribution in [0.4, 0.5) is 0 Å². The molecule has 2 heterocycles. The van der Waals surface area contributed by atoms with Crippen LogP contribution in [0, 0.1) is 11.8 Å². The number of cyclic esters (lactones) is 2. The maximum Gasteiger partial charge on any atom is 0.348 e. The van der Waals surface area contributed by atoms with E-state index >= 15 is 0 Å². The van der Waals surface area contributed by atoms with Gasteiger partial charge in [-0.25, -0.2) is 9.78 Å². The van der Waals surface area contributed by atoms with Crippen LogP contribution in [-0.4, -0.2) is 69.3 Å². The summed E-state index contributed by atoms with van der Waals surface area (Å²) >= 11 is 0. The molecule has 2 amide bonds. The second kappa shape index (κ2) is 12.2. The predicted octanol–water partition coefficient (Wildman–Crippen LogP) is 1.27. The number of ether oxygens (including phenoxy) is 2. The molecule has 0 bridgehead atoms. The molecule has 1 aliphatic heterocycles. The van der Waals surface area contributed by atoms with E-state index in [1.807, 2.05) is 30.3 Å². The van der Waals surface area contributed by atoms with Crippen molar-refractivity contribution >= 4 is 23.8 Å². The van der Waals surface area contributed by atoms with Crippen LogP contribution in [0.5, 0.6) is 5.75 Å². The molecule has 4 N–H and O–H groups in total. The molecule has 2 fully saturated rings. The summed E-state index contributed by atoms with van der Waals surface area (Å²) in [5.41, 5.74) is 0.478. The number of nitrogens with zero attached hydrogens (tertiary/aromatic N) is 1. The van der Waals surface area contributed by atoms with Gasteiger partial charge in [0.05, 0.1) is 18.1 Å². The van der Waals surface area contributed by atoms with Crippen molar-refractivity contribution in [2.75, 3.05) is 0 Å². The molecule has 1 saturated carbocycles. The first kappa shape index (κ1) is 28.0. The molecule has 1 aromatic carbocycles. The topological polar surface area (TPSA) is 164 Å². The van der Waals surface area contributed by atoms with Crippen LogP contribution in [0.15, 0.2) is 48.7 Å². The number of aromatic hydroxyl groups is 1. The molecule has 0 radical (unpaired) electrons. The highest BCUT2D eigenvalue weighted by molar-refractivity contribution is 5.98. The van der Waals surface area contributed by atoms with E-state index in [9.17, 15) is 29.4 Å². The summed E-state index contributed by atoms with van der Waals surface area (Å²) in [7, 11) is 0. The molecule has 2 aromatic rings. The van der Waals surface area contributed by atoms with Gasteiger partial charge in [0.1, 0.15) is 17.9 Å². The molecule has 1 unspecified atom stereocenters. The van der Waals surface area contributed by atoms with E-state index in [1.165, 1.54) is 32.2 Å². The lowest BCUT2D eigenvalue weighted by Crippen LogP contribution is -2.59. The molecule has 2 aliphatic rings. The summed E-state index contributed by atoms with van der Waals surface area (Å²) in [5.74, 6) is -4.93. The Labute approximate surface area is 225 Å². The summed E-state index contributed by atoms with van der Waals surface area (Å²) in [6, 6.07) is 9.43. The molecule has 0 spiro atoms. The molecule has 208 valence electrons. The molecule has 1 saturated heterocycles. The second-order valence-electron chi connectivity index (χ2n) is 10.1. The average molecular weight is 540 g/mol. The molecule has 11 nitrogen and oxygen atoms in total. The monoisotopic (exact) mass is 539 g/mol. The van der Waals surface area contributed by atoms with Crippen molar-refractivity contribution in [1.29, 1.82) is 0 Å². The first-order chi connectivity index (χ1) is 18.7. The maximum absolute atomic E-state index is 13.6. The van der Waals surface area contributed by atoms with E-state index in [4.69, 9.17) is 9.47 Å². The predicted molar refractivity (Wildman–Crippen MR) is 137 cm³/mol. The lowest BCUT2D eigenvalue weighted by molar-refractivity contribution is -0.183. The van der Waals surface area contributed by atoms with E-state index in [-0.39, 0.29) is 18.0 Å². The Balaban J connectivity index is 1.67. The number of carbonyl (C=O) groups is 4. The SMILES string of the molecule is C[C@H]1OC(=O)C(C2CCC2)OC(=O)[C@H](C)[C@H](O)[C@H](Cc2ccccc2)NC(=O)[C@H]1NC(=O)c1ncccc1O. The maximum atomic E-state index is 13.6. The van der Waals surface area contributed by atoms with Crippen molar-refractivity contribution < 1.29 is 38.9 Å². The molecule has 1 aliphatic carbocycles. The first-order valence-electron chi connectivity index (χ1n) is 13.0. The van der Waals surface area contributed by atoms with Crippen LogP contribution >= 0.6 is 0 Å². The van der Waals surface area contributed by atoms with Gasteiger partial charge in [-0.15, -0.1) is 0 Å². The second-order valence-corrected chi connectivity index (χ2v) is 10.1. The van der Waals surface area contributed by atoms with Crippen molar-refractivity contribution in [2.45, 2.75) is 69.9 Å². The van der Waals surface area contributed by atoms with Crippen molar-refractivity contribution in [2.24, 2.45) is 11.8 Å². The Morgan fingerprint density at radius 2 is 1.77 bits per heavy atom. The minimum absolute atomic E-state index is 0.174. The van der Waals surface area contributed by atoms with Gasteiger partial charge in [0, 0.05) is 12.1 Å². The lowest BCUT2D eigenvalue weighted by atomic mass is 9.81. The summed E-state index contributed by atoms with van der Waals surface area (Å²) in [6.07, 6.45) is -0.0887. The van der Waals surface area contributed by atoms with E-state index < -0.39 is 65.8 Å². The Kier molecular flexibility index (Phi) is 8.80. The fourth-order valence-electron chi connectivity index (χ4n) is 4.69. The van der Waals surface area contributed by atoms with Crippen LogP contribution in [0.25, 0.3) is 0 Å². The summed E-state index contributed by atoms with van der Waals surface area (Å²) in [5, 5.41) is 26.5. The molecule has 4 rings (SSSR count). The van der Waals surface area contributed by atoms with Gasteiger partial charge in [0.25, 0.3) is 5.91 Å². The van der Waals surface area contributed by atoms with Crippen LogP contribution in [0.2, 0.25) is 0 Å². The van der Waals surface area contributed by atoms with Crippen LogP contribution in [0.1, 0.15) is 49.2 Å². The van der Waals surface area contributed by atoms with Crippen LogP contribution < -0.4 is 10.6 Å². The van der Waals surface area contributed by atoms with Crippen molar-refractivity contribution in [3.05, 3.63) is 59.9 Å². The zero-order valence-corrected chi connectivity index (χ0v) is 21.8.